The molecule has 0 fully saturated rings. The van der Waals surface area contributed by atoms with E-state index in [1.807, 2.05) is 30.3 Å². The molecule has 4 rings (SSSR count). The second-order valence-corrected chi connectivity index (χ2v) is 5.43. The number of aromatic amines is 1. The summed E-state index contributed by atoms with van der Waals surface area (Å²) in [5, 5.41) is 14.8. The second kappa shape index (κ2) is 5.82. The predicted molar refractivity (Wildman–Crippen MR) is 90.4 cm³/mol. The number of pyridine rings is 1. The van der Waals surface area contributed by atoms with E-state index < -0.39 is 11.9 Å². The van der Waals surface area contributed by atoms with Crippen molar-refractivity contribution in [3.05, 3.63) is 60.2 Å². The number of carbonyl (C=O) groups excluding carboxylic acids is 1. The Morgan fingerprint density at radius 2 is 2.00 bits per heavy atom. The molecule has 4 aromatic rings. The Morgan fingerprint density at radius 1 is 1.20 bits per heavy atom. The van der Waals surface area contributed by atoms with Gasteiger partial charge in [-0.05, 0) is 12.1 Å². The summed E-state index contributed by atoms with van der Waals surface area (Å²) < 4.78 is 15.3. The van der Waals surface area contributed by atoms with Crippen LogP contribution in [0.5, 0.6) is 0 Å². The lowest BCUT2D eigenvalue weighted by Gasteiger charge is -2.04. The lowest BCUT2D eigenvalue weighted by molar-refractivity contribution is 0.102. The number of amides is 1. The third kappa shape index (κ3) is 2.53. The Kier molecular flexibility index (Phi) is 3.50. The largest absolute Gasteiger partial charge is 0.306 e. The first-order valence-corrected chi connectivity index (χ1v) is 7.53. The maximum absolute atomic E-state index is 13.7. The van der Waals surface area contributed by atoms with Crippen molar-refractivity contribution in [3.8, 4) is 11.3 Å². The van der Waals surface area contributed by atoms with Crippen LogP contribution in [0.15, 0.2) is 48.7 Å². The topological polar surface area (TPSA) is 88.5 Å². The minimum absolute atomic E-state index is 0.143. The SMILES string of the molecule is Cn1nc(-c2ccccc2)c2c(NC(=O)c3cccnc3F)[nH]nc21. The van der Waals surface area contributed by atoms with E-state index >= 15 is 0 Å². The van der Waals surface area contributed by atoms with Crippen LogP contribution in [0.1, 0.15) is 10.4 Å². The number of hydrogen-bond acceptors (Lipinski definition) is 4. The number of aryl methyl sites for hydroxylation is 1. The Bertz CT molecular complexity index is 1070. The van der Waals surface area contributed by atoms with E-state index in [1.54, 1.807) is 11.7 Å². The first kappa shape index (κ1) is 15.0. The van der Waals surface area contributed by atoms with Gasteiger partial charge >= 0.3 is 0 Å². The number of nitrogens with one attached hydrogen (secondary N) is 2. The van der Waals surface area contributed by atoms with Gasteiger partial charge in [-0.3, -0.25) is 9.89 Å². The van der Waals surface area contributed by atoms with Gasteiger partial charge < -0.3 is 5.32 Å². The van der Waals surface area contributed by atoms with Gasteiger partial charge in [0.25, 0.3) is 5.91 Å². The van der Waals surface area contributed by atoms with Gasteiger partial charge in [0, 0.05) is 18.8 Å². The standard InChI is InChI=1S/C17H13FN6O/c1-24-16-12(13(23-24)10-6-3-2-4-7-10)15(21-22-16)20-17(25)11-8-5-9-19-14(11)18/h2-9H,1H3,(H2,20,21,22,25). The number of carbonyl (C=O) groups is 1. The highest BCUT2D eigenvalue weighted by Crippen LogP contribution is 2.31. The van der Waals surface area contributed by atoms with Crippen molar-refractivity contribution >= 4 is 22.8 Å². The summed E-state index contributed by atoms with van der Waals surface area (Å²) in [7, 11) is 1.77. The Balaban J connectivity index is 1.79. The van der Waals surface area contributed by atoms with E-state index in [0.717, 1.165) is 5.56 Å². The van der Waals surface area contributed by atoms with Crippen LogP contribution in [-0.2, 0) is 7.05 Å². The molecule has 0 aliphatic carbocycles. The van der Waals surface area contributed by atoms with Crippen LogP contribution in [0.4, 0.5) is 10.2 Å². The fourth-order valence-electron chi connectivity index (χ4n) is 2.66. The van der Waals surface area contributed by atoms with E-state index in [1.165, 1.54) is 18.3 Å². The van der Waals surface area contributed by atoms with E-state index in [-0.39, 0.29) is 5.56 Å². The average Bonchev–Trinajstić information content (AvgIpc) is 3.18. The smallest absolute Gasteiger partial charge is 0.261 e. The molecule has 0 bridgehead atoms. The molecule has 124 valence electrons. The third-order valence-corrected chi connectivity index (χ3v) is 3.83. The molecule has 0 aliphatic heterocycles. The van der Waals surface area contributed by atoms with Crippen molar-refractivity contribution in [3.63, 3.8) is 0 Å². The van der Waals surface area contributed by atoms with Gasteiger partial charge in [-0.1, -0.05) is 30.3 Å². The van der Waals surface area contributed by atoms with Crippen molar-refractivity contribution in [2.75, 3.05) is 5.32 Å². The zero-order valence-corrected chi connectivity index (χ0v) is 13.2. The number of anilines is 1. The molecule has 0 radical (unpaired) electrons. The van der Waals surface area contributed by atoms with Crippen LogP contribution < -0.4 is 5.32 Å². The summed E-state index contributed by atoms with van der Waals surface area (Å²) in [5.41, 5.74) is 2.00. The minimum Gasteiger partial charge on any atom is -0.306 e. The molecule has 1 amide bonds. The molecule has 0 aliphatic rings. The highest BCUT2D eigenvalue weighted by atomic mass is 19.1. The third-order valence-electron chi connectivity index (χ3n) is 3.83. The number of halogens is 1. The monoisotopic (exact) mass is 336 g/mol. The number of rotatable bonds is 3. The van der Waals surface area contributed by atoms with Gasteiger partial charge in [-0.2, -0.15) is 14.6 Å². The van der Waals surface area contributed by atoms with Gasteiger partial charge in [0.1, 0.15) is 11.5 Å². The van der Waals surface area contributed by atoms with Gasteiger partial charge in [-0.15, -0.1) is 0 Å². The second-order valence-electron chi connectivity index (χ2n) is 5.43. The van der Waals surface area contributed by atoms with Crippen molar-refractivity contribution in [1.29, 1.82) is 0 Å². The zero-order chi connectivity index (χ0) is 17.4. The number of nitrogens with zero attached hydrogens (tertiary/aromatic N) is 4. The summed E-state index contributed by atoms with van der Waals surface area (Å²) in [6.45, 7) is 0. The van der Waals surface area contributed by atoms with Gasteiger partial charge in [0.05, 0.1) is 10.9 Å². The lowest BCUT2D eigenvalue weighted by atomic mass is 10.1. The molecule has 2 N–H and O–H groups in total. The molecule has 8 heteroatoms. The van der Waals surface area contributed by atoms with Gasteiger partial charge in [-0.25, -0.2) is 9.67 Å². The van der Waals surface area contributed by atoms with Crippen LogP contribution in [0.25, 0.3) is 22.3 Å². The van der Waals surface area contributed by atoms with E-state index in [9.17, 15) is 9.18 Å². The van der Waals surface area contributed by atoms with Gasteiger partial charge in [0.15, 0.2) is 5.65 Å². The highest BCUT2D eigenvalue weighted by molar-refractivity contribution is 6.10. The van der Waals surface area contributed by atoms with Crippen molar-refractivity contribution < 1.29 is 9.18 Å². The summed E-state index contributed by atoms with van der Waals surface area (Å²) in [5.74, 6) is -1.08. The summed E-state index contributed by atoms with van der Waals surface area (Å²) in [6.07, 6.45) is 1.29. The number of hydrogen-bond donors (Lipinski definition) is 2. The predicted octanol–water partition coefficient (Wildman–Crippen LogP) is 2.75. The van der Waals surface area contributed by atoms with Crippen molar-refractivity contribution in [2.45, 2.75) is 0 Å². The molecule has 0 saturated heterocycles. The van der Waals surface area contributed by atoms with Crippen LogP contribution >= 0.6 is 0 Å². The number of benzene rings is 1. The molecular weight excluding hydrogens is 323 g/mol. The Labute approximate surface area is 141 Å². The van der Waals surface area contributed by atoms with E-state index in [4.69, 9.17) is 0 Å². The average molecular weight is 336 g/mol. The molecule has 1 aromatic carbocycles. The van der Waals surface area contributed by atoms with Crippen LogP contribution in [0.3, 0.4) is 0 Å². The number of aromatic nitrogens is 5. The van der Waals surface area contributed by atoms with Crippen LogP contribution in [-0.4, -0.2) is 30.9 Å². The van der Waals surface area contributed by atoms with Crippen LogP contribution in [0.2, 0.25) is 0 Å². The molecular formula is C17H13FN6O. The normalized spacial score (nSPS) is 11.0. The maximum Gasteiger partial charge on any atom is 0.261 e. The summed E-state index contributed by atoms with van der Waals surface area (Å²) >= 11 is 0. The van der Waals surface area contributed by atoms with Crippen molar-refractivity contribution in [2.24, 2.45) is 7.05 Å². The first-order chi connectivity index (χ1) is 12.1. The fourth-order valence-corrected chi connectivity index (χ4v) is 2.66. The van der Waals surface area contributed by atoms with E-state index in [0.29, 0.717) is 22.5 Å². The summed E-state index contributed by atoms with van der Waals surface area (Å²) in [6, 6.07) is 12.4. The van der Waals surface area contributed by atoms with E-state index in [2.05, 4.69) is 25.6 Å². The maximum atomic E-state index is 13.7. The van der Waals surface area contributed by atoms with Gasteiger partial charge in [0.2, 0.25) is 5.95 Å². The highest BCUT2D eigenvalue weighted by Gasteiger charge is 2.20. The zero-order valence-electron chi connectivity index (χ0n) is 13.2. The molecule has 0 spiro atoms. The Morgan fingerprint density at radius 3 is 2.76 bits per heavy atom. The molecule has 3 aromatic heterocycles. The lowest BCUT2D eigenvalue weighted by Crippen LogP contribution is -2.15. The number of H-pyrrole nitrogens is 1. The minimum atomic E-state index is -0.828. The quantitative estimate of drug-likeness (QED) is 0.563. The van der Waals surface area contributed by atoms with Crippen molar-refractivity contribution in [1.82, 2.24) is 25.0 Å². The molecule has 0 unspecified atom stereocenters. The molecule has 25 heavy (non-hydrogen) atoms. The van der Waals surface area contributed by atoms with Crippen LogP contribution in [0, 0.1) is 5.95 Å². The molecule has 0 atom stereocenters. The molecule has 7 nitrogen and oxygen atoms in total. The Hall–Kier alpha value is -3.55. The summed E-state index contributed by atoms with van der Waals surface area (Å²) in [4.78, 5) is 15.9. The number of fused-ring (bicyclic) bond motifs is 1. The molecule has 0 saturated carbocycles. The fraction of sp³-hybridized carbons (Fsp3) is 0.0588. The first-order valence-electron chi connectivity index (χ1n) is 7.53. The molecule has 3 heterocycles.